The van der Waals surface area contributed by atoms with E-state index in [1.54, 1.807) is 13.8 Å². The monoisotopic (exact) mass is 224 g/mol. The lowest BCUT2D eigenvalue weighted by molar-refractivity contribution is 0.230. The number of rotatable bonds is 5. The van der Waals surface area contributed by atoms with Gasteiger partial charge in [0.15, 0.2) is 0 Å². The molecule has 0 unspecified atom stereocenters. The topological polar surface area (TPSA) is 35.5 Å². The Morgan fingerprint density at radius 1 is 1.31 bits per heavy atom. The molecule has 0 aliphatic heterocycles. The third-order valence-electron chi connectivity index (χ3n) is 1.03. The summed E-state index contributed by atoms with van der Waals surface area (Å²) in [5.74, 6) is 3.07. The van der Waals surface area contributed by atoms with Crippen LogP contribution in [0.5, 0.6) is 0 Å². The summed E-state index contributed by atoms with van der Waals surface area (Å²) >= 11 is 5.41. The fourth-order valence-corrected chi connectivity index (χ4v) is 1.93. The van der Waals surface area contributed by atoms with E-state index in [4.69, 9.17) is 20.6 Å². The summed E-state index contributed by atoms with van der Waals surface area (Å²) in [4.78, 5) is 0. The predicted octanol–water partition coefficient (Wildman–Crippen LogP) is 2.84. The minimum absolute atomic E-state index is 0.326. The molecule has 0 aromatic rings. The molecule has 0 amide bonds. The van der Waals surface area contributed by atoms with Gasteiger partial charge in [-0.2, -0.15) is 0 Å². The van der Waals surface area contributed by atoms with Gasteiger partial charge in [-0.15, -0.1) is 11.6 Å². The molecule has 0 radical (unpaired) electrons. The fourth-order valence-electron chi connectivity index (χ4n) is 0.642. The van der Waals surface area contributed by atoms with Crippen LogP contribution >= 0.6 is 19.2 Å². The van der Waals surface area contributed by atoms with Gasteiger partial charge in [0.2, 0.25) is 0 Å². The van der Waals surface area contributed by atoms with Crippen LogP contribution in [-0.4, -0.2) is 19.1 Å². The summed E-state index contributed by atoms with van der Waals surface area (Å²) in [6.45, 7) is 4.14. The van der Waals surface area contributed by atoms with Crippen molar-refractivity contribution in [2.24, 2.45) is 0 Å². The summed E-state index contributed by atoms with van der Waals surface area (Å²) in [7, 11) is -3.17. The van der Waals surface area contributed by atoms with E-state index in [2.05, 4.69) is 11.6 Å². The number of halogens is 1. The molecular weight excluding hydrogens is 211 g/mol. The second-order valence-electron chi connectivity index (χ2n) is 2.06. The molecule has 0 spiro atoms. The third kappa shape index (κ3) is 6.12. The Kier molecular flexibility index (Phi) is 7.41. The van der Waals surface area contributed by atoms with Crippen LogP contribution in [0, 0.1) is 11.6 Å². The molecule has 0 N–H and O–H groups in total. The van der Waals surface area contributed by atoms with E-state index in [-0.39, 0.29) is 0 Å². The van der Waals surface area contributed by atoms with Gasteiger partial charge in [0, 0.05) is 18.0 Å². The van der Waals surface area contributed by atoms with Gasteiger partial charge in [0.05, 0.1) is 13.2 Å². The SMILES string of the molecule is CCOP(=O)(C#CCCCl)OCC. The van der Waals surface area contributed by atoms with Gasteiger partial charge >= 0.3 is 7.60 Å². The Hall–Kier alpha value is -0.0000000000000000208. The molecule has 0 aliphatic rings. The Labute approximate surface area is 84.3 Å². The molecule has 0 rings (SSSR count). The highest BCUT2D eigenvalue weighted by molar-refractivity contribution is 7.59. The highest BCUT2D eigenvalue weighted by Gasteiger charge is 2.19. The van der Waals surface area contributed by atoms with Crippen molar-refractivity contribution in [2.75, 3.05) is 19.1 Å². The van der Waals surface area contributed by atoms with Gasteiger partial charge in [0.1, 0.15) is 0 Å². The van der Waals surface area contributed by atoms with Crippen LogP contribution in [0.15, 0.2) is 0 Å². The van der Waals surface area contributed by atoms with Crippen molar-refractivity contribution in [3.63, 3.8) is 0 Å². The summed E-state index contributed by atoms with van der Waals surface area (Å²) in [5.41, 5.74) is 2.48. The van der Waals surface area contributed by atoms with Gasteiger partial charge < -0.3 is 0 Å². The van der Waals surface area contributed by atoms with E-state index >= 15 is 0 Å². The Balaban J connectivity index is 4.25. The molecule has 3 nitrogen and oxygen atoms in total. The molecule has 0 atom stereocenters. The Morgan fingerprint density at radius 3 is 2.23 bits per heavy atom. The molecule has 0 heterocycles. The molecule has 0 aromatic heterocycles. The van der Waals surface area contributed by atoms with Crippen LogP contribution in [0.1, 0.15) is 20.3 Å². The maximum atomic E-state index is 11.6. The third-order valence-corrected chi connectivity index (χ3v) is 2.85. The van der Waals surface area contributed by atoms with Crippen molar-refractivity contribution in [3.8, 4) is 11.6 Å². The zero-order chi connectivity index (χ0) is 10.2. The predicted molar refractivity (Wildman–Crippen MR) is 54.0 cm³/mol. The first-order valence-electron chi connectivity index (χ1n) is 4.13. The number of hydrogen-bond acceptors (Lipinski definition) is 3. The van der Waals surface area contributed by atoms with Crippen LogP contribution in [0.25, 0.3) is 0 Å². The fraction of sp³-hybridized carbons (Fsp3) is 0.750. The summed E-state index contributed by atoms with van der Waals surface area (Å²) in [6, 6.07) is 0. The van der Waals surface area contributed by atoms with Crippen molar-refractivity contribution >= 4 is 19.2 Å². The highest BCUT2D eigenvalue weighted by Crippen LogP contribution is 2.46. The van der Waals surface area contributed by atoms with E-state index in [0.717, 1.165) is 0 Å². The quantitative estimate of drug-likeness (QED) is 0.409. The lowest BCUT2D eigenvalue weighted by Gasteiger charge is -2.09. The van der Waals surface area contributed by atoms with Crippen molar-refractivity contribution in [1.82, 2.24) is 0 Å². The van der Waals surface area contributed by atoms with E-state index in [9.17, 15) is 4.57 Å². The standard InChI is InChI=1S/C8H14ClO3P/c1-3-11-13(10,12-4-2)8-6-5-7-9/h3-5,7H2,1-2H3. The first kappa shape index (κ1) is 13.0. The molecule has 0 aromatic carbocycles. The van der Waals surface area contributed by atoms with Gasteiger partial charge in [-0.25, -0.2) is 4.57 Å². The number of hydrogen-bond donors (Lipinski definition) is 0. The van der Waals surface area contributed by atoms with Crippen LogP contribution in [0.2, 0.25) is 0 Å². The van der Waals surface area contributed by atoms with E-state index in [1.807, 2.05) is 0 Å². The summed E-state index contributed by atoms with van der Waals surface area (Å²) in [5, 5.41) is 0. The van der Waals surface area contributed by atoms with E-state index in [0.29, 0.717) is 25.5 Å². The van der Waals surface area contributed by atoms with Crippen LogP contribution in [0.4, 0.5) is 0 Å². The van der Waals surface area contributed by atoms with Gasteiger partial charge in [-0.1, -0.05) is 5.92 Å². The number of alkyl halides is 1. The van der Waals surface area contributed by atoms with Gasteiger partial charge in [0.25, 0.3) is 0 Å². The molecular formula is C8H14ClO3P. The van der Waals surface area contributed by atoms with Crippen LogP contribution < -0.4 is 0 Å². The maximum Gasteiger partial charge on any atom is 0.405 e. The zero-order valence-electron chi connectivity index (χ0n) is 7.88. The second kappa shape index (κ2) is 7.41. The Bertz CT molecular complexity index is 221. The lowest BCUT2D eigenvalue weighted by Crippen LogP contribution is -1.92. The molecule has 5 heteroatoms. The molecule has 13 heavy (non-hydrogen) atoms. The summed E-state index contributed by atoms with van der Waals surface area (Å²) < 4.78 is 21.5. The molecule has 0 saturated heterocycles. The maximum absolute atomic E-state index is 11.6. The smallest absolute Gasteiger partial charge is 0.300 e. The van der Waals surface area contributed by atoms with Crippen LogP contribution in [-0.2, 0) is 13.6 Å². The molecule has 0 aliphatic carbocycles. The first-order valence-corrected chi connectivity index (χ1v) is 6.21. The minimum Gasteiger partial charge on any atom is -0.300 e. The zero-order valence-corrected chi connectivity index (χ0v) is 9.53. The van der Waals surface area contributed by atoms with E-state index < -0.39 is 7.60 Å². The van der Waals surface area contributed by atoms with E-state index in [1.165, 1.54) is 0 Å². The first-order chi connectivity index (χ1) is 6.18. The second-order valence-corrected chi connectivity index (χ2v) is 4.17. The molecule has 0 saturated carbocycles. The normalized spacial score (nSPS) is 10.7. The Morgan fingerprint density at radius 2 is 1.85 bits per heavy atom. The van der Waals surface area contributed by atoms with Gasteiger partial charge in [-0.05, 0) is 13.8 Å². The molecule has 76 valence electrons. The van der Waals surface area contributed by atoms with Crippen molar-refractivity contribution in [3.05, 3.63) is 0 Å². The average Bonchev–Trinajstić information content (AvgIpc) is 2.05. The van der Waals surface area contributed by atoms with Gasteiger partial charge in [-0.3, -0.25) is 9.05 Å². The van der Waals surface area contributed by atoms with Crippen molar-refractivity contribution in [1.29, 1.82) is 0 Å². The summed E-state index contributed by atoms with van der Waals surface area (Å²) in [6.07, 6.45) is 0.492. The van der Waals surface area contributed by atoms with Crippen molar-refractivity contribution < 1.29 is 13.6 Å². The molecule has 0 bridgehead atoms. The average molecular weight is 225 g/mol. The van der Waals surface area contributed by atoms with Crippen molar-refractivity contribution in [2.45, 2.75) is 20.3 Å². The highest BCUT2D eigenvalue weighted by atomic mass is 35.5. The lowest BCUT2D eigenvalue weighted by atomic mass is 10.5. The largest absolute Gasteiger partial charge is 0.405 e. The molecule has 0 fully saturated rings. The minimum atomic E-state index is -3.17. The van der Waals surface area contributed by atoms with Crippen LogP contribution in [0.3, 0.4) is 0 Å².